The predicted molar refractivity (Wildman–Crippen MR) is 77.6 cm³/mol. The molecule has 3 aromatic rings. The summed E-state index contributed by atoms with van der Waals surface area (Å²) in [5, 5.41) is 2.72. The minimum Gasteiger partial charge on any atom is -1.00 e. The number of benzene rings is 1. The maximum Gasteiger partial charge on any atom is 4.00 e. The molecule has 0 saturated carbocycles. The Bertz CT molecular complexity index is 509. The minimum absolute atomic E-state index is 0. The number of hydrogen-bond acceptors (Lipinski definition) is 0. The van der Waals surface area contributed by atoms with Gasteiger partial charge in [0.15, 0.2) is 0 Å². The summed E-state index contributed by atoms with van der Waals surface area (Å²) in [4.78, 5) is 0. The first-order valence-electron chi connectivity index (χ1n) is 5.65. The fraction of sp³-hybridized carbons (Fsp3) is 0.0588. The molecule has 0 N–H and O–H groups in total. The van der Waals surface area contributed by atoms with E-state index in [9.17, 15) is 0 Å². The van der Waals surface area contributed by atoms with Gasteiger partial charge in [0.1, 0.15) is 0 Å². The van der Waals surface area contributed by atoms with Crippen molar-refractivity contribution in [1.82, 2.24) is 0 Å². The van der Waals surface area contributed by atoms with Gasteiger partial charge >= 0.3 is 26.2 Å². The van der Waals surface area contributed by atoms with E-state index in [0.29, 0.717) is 0 Å². The summed E-state index contributed by atoms with van der Waals surface area (Å²) < 4.78 is 0. The second kappa shape index (κ2) is 14.8. The van der Waals surface area contributed by atoms with E-state index in [1.54, 1.807) is 0 Å². The standard InChI is InChI=1S/C10H9.C5H5.C2H4.2ClH.Zr/c1-8-4-2-5-9-6-3-7-10(8)9;1-2-4-5-3-1;1-2;;;/h2-7H,1H3;1-5H;1-2H2;2*1H;/q2*-1;;;;+4/p-2. The molecule has 0 unspecified atom stereocenters. The van der Waals surface area contributed by atoms with Crippen molar-refractivity contribution in [3.8, 4) is 0 Å². The molecule has 0 nitrogen and oxygen atoms in total. The van der Waals surface area contributed by atoms with Crippen molar-refractivity contribution in [2.45, 2.75) is 6.92 Å². The van der Waals surface area contributed by atoms with Crippen LogP contribution < -0.4 is 24.8 Å². The maximum absolute atomic E-state index is 3.00. The van der Waals surface area contributed by atoms with Crippen LogP contribution in [0.4, 0.5) is 0 Å². The summed E-state index contributed by atoms with van der Waals surface area (Å²) in [5.74, 6) is 0. The van der Waals surface area contributed by atoms with E-state index in [1.807, 2.05) is 30.3 Å². The summed E-state index contributed by atoms with van der Waals surface area (Å²) in [7, 11) is 0. The molecule has 0 radical (unpaired) electrons. The quantitative estimate of drug-likeness (QED) is 0.348. The van der Waals surface area contributed by atoms with Crippen molar-refractivity contribution in [3.05, 3.63) is 85.5 Å². The van der Waals surface area contributed by atoms with Crippen LogP contribution in [0.15, 0.2) is 79.9 Å². The Morgan fingerprint density at radius 2 is 1.45 bits per heavy atom. The molecule has 104 valence electrons. The Morgan fingerprint density at radius 3 is 1.90 bits per heavy atom. The second-order valence-corrected chi connectivity index (χ2v) is 3.57. The summed E-state index contributed by atoms with van der Waals surface area (Å²) >= 11 is 0. The van der Waals surface area contributed by atoms with Crippen molar-refractivity contribution >= 4 is 10.8 Å². The van der Waals surface area contributed by atoms with E-state index in [2.05, 4.69) is 56.5 Å². The molecule has 20 heavy (non-hydrogen) atoms. The van der Waals surface area contributed by atoms with Gasteiger partial charge in [0.05, 0.1) is 0 Å². The van der Waals surface area contributed by atoms with E-state index in [4.69, 9.17) is 0 Å². The molecular formula is C17H18Cl2Zr. The van der Waals surface area contributed by atoms with Gasteiger partial charge in [-0.15, -0.1) is 42.1 Å². The summed E-state index contributed by atoms with van der Waals surface area (Å²) in [6.45, 7) is 8.14. The molecule has 3 aromatic carbocycles. The molecule has 0 aliphatic heterocycles. The summed E-state index contributed by atoms with van der Waals surface area (Å²) in [6.07, 6.45) is 0. The van der Waals surface area contributed by atoms with E-state index in [0.717, 1.165) is 0 Å². The zero-order valence-electron chi connectivity index (χ0n) is 11.5. The Balaban J connectivity index is -0.000000253. The first kappa shape index (κ1) is 24.4. The average Bonchev–Trinajstić information content (AvgIpc) is 3.07. The van der Waals surface area contributed by atoms with Crippen LogP contribution in [0, 0.1) is 6.92 Å². The molecule has 0 spiro atoms. The maximum atomic E-state index is 3.00. The zero-order chi connectivity index (χ0) is 12.5. The monoisotopic (exact) mass is 382 g/mol. The van der Waals surface area contributed by atoms with Gasteiger partial charge in [-0.3, -0.25) is 0 Å². The fourth-order valence-electron chi connectivity index (χ4n) is 1.65. The zero-order valence-corrected chi connectivity index (χ0v) is 15.5. The van der Waals surface area contributed by atoms with Crippen molar-refractivity contribution in [2.75, 3.05) is 0 Å². The Hall–Kier alpha value is -0.617. The largest absolute Gasteiger partial charge is 4.00 e. The third-order valence-corrected chi connectivity index (χ3v) is 2.45. The van der Waals surface area contributed by atoms with Crippen LogP contribution in [0.3, 0.4) is 0 Å². The van der Waals surface area contributed by atoms with Crippen LogP contribution in [0.1, 0.15) is 5.56 Å². The molecular weight excluding hydrogens is 366 g/mol. The number of fused-ring (bicyclic) bond motifs is 1. The first-order valence-corrected chi connectivity index (χ1v) is 5.65. The van der Waals surface area contributed by atoms with Crippen LogP contribution in [-0.4, -0.2) is 0 Å². The Morgan fingerprint density at radius 1 is 0.850 bits per heavy atom. The molecule has 0 aliphatic carbocycles. The molecule has 0 heterocycles. The van der Waals surface area contributed by atoms with Gasteiger partial charge in [0, 0.05) is 0 Å². The molecule has 0 atom stereocenters. The van der Waals surface area contributed by atoms with Crippen molar-refractivity contribution in [2.24, 2.45) is 0 Å². The first-order chi connectivity index (χ1) is 8.38. The Labute approximate surface area is 153 Å². The van der Waals surface area contributed by atoms with Gasteiger partial charge in [-0.25, -0.2) is 12.1 Å². The van der Waals surface area contributed by atoms with Crippen molar-refractivity contribution in [3.63, 3.8) is 0 Å². The predicted octanol–water partition coefficient (Wildman–Crippen LogP) is -0.920. The second-order valence-electron chi connectivity index (χ2n) is 3.57. The van der Waals surface area contributed by atoms with Crippen LogP contribution >= 0.6 is 0 Å². The molecule has 0 aliphatic rings. The summed E-state index contributed by atoms with van der Waals surface area (Å²) in [6, 6.07) is 22.8. The number of hydrogen-bond donors (Lipinski definition) is 0. The average molecular weight is 384 g/mol. The molecule has 0 bridgehead atoms. The van der Waals surface area contributed by atoms with E-state index in [-0.39, 0.29) is 51.0 Å². The SMILES string of the molecule is C=C.Cc1cccc2[cH-]ccc12.[Cl-].[Cl-].[Zr+4].c1cc[cH-]c1. The molecule has 0 aromatic heterocycles. The number of rotatable bonds is 0. The number of halogens is 2. The molecule has 0 amide bonds. The molecule has 3 rings (SSSR count). The third-order valence-electron chi connectivity index (χ3n) is 2.45. The summed E-state index contributed by atoms with van der Waals surface area (Å²) in [5.41, 5.74) is 1.36. The van der Waals surface area contributed by atoms with Crippen molar-refractivity contribution < 1.29 is 51.0 Å². The Kier molecular flexibility index (Phi) is 18.0. The van der Waals surface area contributed by atoms with E-state index in [1.165, 1.54) is 16.3 Å². The van der Waals surface area contributed by atoms with Gasteiger partial charge < -0.3 is 24.8 Å². The smallest absolute Gasteiger partial charge is 1.00 e. The van der Waals surface area contributed by atoms with E-state index < -0.39 is 0 Å². The van der Waals surface area contributed by atoms with E-state index >= 15 is 0 Å². The normalized spacial score (nSPS) is 7.45. The van der Waals surface area contributed by atoms with Crippen molar-refractivity contribution in [1.29, 1.82) is 0 Å². The molecule has 0 fully saturated rings. The van der Waals surface area contributed by atoms with Gasteiger partial charge in [-0.05, 0) is 6.92 Å². The van der Waals surface area contributed by atoms with Gasteiger partial charge in [-0.1, -0.05) is 11.6 Å². The minimum atomic E-state index is 0. The fourth-order valence-corrected chi connectivity index (χ4v) is 1.65. The van der Waals surface area contributed by atoms with Gasteiger partial charge in [-0.2, -0.15) is 30.3 Å². The number of aryl methyl sites for hydroxylation is 1. The third kappa shape index (κ3) is 7.85. The molecule has 0 saturated heterocycles. The van der Waals surface area contributed by atoms with Crippen LogP contribution in [-0.2, 0) is 26.2 Å². The van der Waals surface area contributed by atoms with Crippen LogP contribution in [0.2, 0.25) is 0 Å². The van der Waals surface area contributed by atoms with Gasteiger partial charge in [0.2, 0.25) is 0 Å². The van der Waals surface area contributed by atoms with Crippen LogP contribution in [0.5, 0.6) is 0 Å². The van der Waals surface area contributed by atoms with Gasteiger partial charge in [0.25, 0.3) is 0 Å². The van der Waals surface area contributed by atoms with Crippen LogP contribution in [0.25, 0.3) is 10.8 Å². The molecule has 3 heteroatoms. The topological polar surface area (TPSA) is 0 Å².